The molecule has 0 spiro atoms. The van der Waals surface area contributed by atoms with Crippen molar-refractivity contribution in [1.82, 2.24) is 4.98 Å². The number of hydrogen-bond acceptors (Lipinski definition) is 5. The van der Waals surface area contributed by atoms with E-state index in [9.17, 15) is 13.2 Å². The summed E-state index contributed by atoms with van der Waals surface area (Å²) in [7, 11) is 0. The Morgan fingerprint density at radius 1 is 1.29 bits per heavy atom. The van der Waals surface area contributed by atoms with Crippen molar-refractivity contribution in [3.8, 4) is 23.0 Å². The van der Waals surface area contributed by atoms with Crippen LogP contribution < -0.4 is 19.9 Å². The molecule has 2 heterocycles. The molecule has 0 radical (unpaired) electrons. The molecule has 0 fully saturated rings. The number of aromatic nitrogens is 1. The minimum absolute atomic E-state index is 0.173. The molecule has 28 heavy (non-hydrogen) atoms. The second kappa shape index (κ2) is 8.41. The number of ether oxygens (including phenoxy) is 3. The summed E-state index contributed by atoms with van der Waals surface area (Å²) in [6.07, 6.45) is 1.59. The van der Waals surface area contributed by atoms with Gasteiger partial charge >= 0.3 is 6.18 Å². The molecule has 1 aromatic carbocycles. The van der Waals surface area contributed by atoms with Crippen molar-refractivity contribution in [2.45, 2.75) is 31.9 Å². The minimum atomic E-state index is -4.50. The van der Waals surface area contributed by atoms with Crippen LogP contribution in [0.3, 0.4) is 0 Å². The van der Waals surface area contributed by atoms with Crippen LogP contribution in [0, 0.1) is 0 Å². The molecule has 0 aliphatic carbocycles. The molecular formula is C20H21F3N2O3. The van der Waals surface area contributed by atoms with Crippen molar-refractivity contribution in [3.05, 3.63) is 54.0 Å². The van der Waals surface area contributed by atoms with Crippen LogP contribution in [0.2, 0.25) is 0 Å². The number of halogens is 3. The normalized spacial score (nSPS) is 16.5. The summed E-state index contributed by atoms with van der Waals surface area (Å²) in [6.45, 7) is 2.75. The van der Waals surface area contributed by atoms with Crippen LogP contribution in [0.15, 0.2) is 42.7 Å². The standard InChI is InChI=1S/C20H21F3N2O3/c1-2-26-19-16(28-14-5-8-17(25-12-14)20(21,22)23)7-6-15-13(4-3-10-24)9-11-27-18(15)19/h3,5-8,10,12-13H,2,4,9,11,24H2,1H3. The third kappa shape index (κ3) is 4.32. The van der Waals surface area contributed by atoms with Gasteiger partial charge in [0.2, 0.25) is 5.75 Å². The van der Waals surface area contributed by atoms with E-state index >= 15 is 0 Å². The molecule has 5 nitrogen and oxygen atoms in total. The Bertz CT molecular complexity index is 836. The molecule has 150 valence electrons. The highest BCUT2D eigenvalue weighted by atomic mass is 19.4. The van der Waals surface area contributed by atoms with Gasteiger partial charge in [-0.05, 0) is 50.1 Å². The van der Waals surface area contributed by atoms with Gasteiger partial charge in [0.05, 0.1) is 19.4 Å². The number of pyridine rings is 1. The highest BCUT2D eigenvalue weighted by molar-refractivity contribution is 5.58. The van der Waals surface area contributed by atoms with Crippen molar-refractivity contribution in [2.24, 2.45) is 5.73 Å². The van der Waals surface area contributed by atoms with Crippen LogP contribution >= 0.6 is 0 Å². The molecule has 0 amide bonds. The molecule has 0 saturated carbocycles. The second-order valence-corrected chi connectivity index (χ2v) is 6.22. The molecular weight excluding hydrogens is 373 g/mol. The van der Waals surface area contributed by atoms with Gasteiger partial charge in [-0.15, -0.1) is 0 Å². The van der Waals surface area contributed by atoms with Gasteiger partial charge in [0.15, 0.2) is 11.5 Å². The highest BCUT2D eigenvalue weighted by Crippen LogP contribution is 2.48. The van der Waals surface area contributed by atoms with Crippen LogP contribution in [0.25, 0.3) is 0 Å². The summed E-state index contributed by atoms with van der Waals surface area (Å²) in [5, 5.41) is 0. The summed E-state index contributed by atoms with van der Waals surface area (Å²) in [5.41, 5.74) is 5.47. The lowest BCUT2D eigenvalue weighted by molar-refractivity contribution is -0.141. The number of benzene rings is 1. The van der Waals surface area contributed by atoms with Gasteiger partial charge in [-0.3, -0.25) is 0 Å². The lowest BCUT2D eigenvalue weighted by Crippen LogP contribution is -2.15. The van der Waals surface area contributed by atoms with Crippen LogP contribution in [-0.2, 0) is 6.18 Å². The predicted octanol–water partition coefficient (Wildman–Crippen LogP) is 5.02. The maximum absolute atomic E-state index is 12.7. The van der Waals surface area contributed by atoms with E-state index in [4.69, 9.17) is 19.9 Å². The predicted molar refractivity (Wildman–Crippen MR) is 97.7 cm³/mol. The Kier molecular flexibility index (Phi) is 5.96. The fraction of sp³-hybridized carbons (Fsp3) is 0.350. The van der Waals surface area contributed by atoms with Crippen LogP contribution in [0.1, 0.15) is 36.9 Å². The number of allylic oxidation sites excluding steroid dienone is 1. The van der Waals surface area contributed by atoms with Crippen LogP contribution in [-0.4, -0.2) is 18.2 Å². The molecule has 0 saturated heterocycles. The Labute approximate surface area is 160 Å². The number of fused-ring (bicyclic) bond motifs is 1. The second-order valence-electron chi connectivity index (χ2n) is 6.22. The quantitative estimate of drug-likeness (QED) is 0.745. The van der Waals surface area contributed by atoms with Crippen molar-refractivity contribution in [2.75, 3.05) is 13.2 Å². The van der Waals surface area contributed by atoms with E-state index in [1.807, 2.05) is 19.1 Å². The summed E-state index contributed by atoms with van der Waals surface area (Å²) >= 11 is 0. The van der Waals surface area contributed by atoms with Gasteiger partial charge in [-0.2, -0.15) is 13.2 Å². The van der Waals surface area contributed by atoms with E-state index in [-0.39, 0.29) is 11.7 Å². The van der Waals surface area contributed by atoms with Gasteiger partial charge in [0, 0.05) is 5.56 Å². The highest BCUT2D eigenvalue weighted by Gasteiger charge is 2.32. The first-order valence-electron chi connectivity index (χ1n) is 8.94. The van der Waals surface area contributed by atoms with E-state index in [2.05, 4.69) is 4.98 Å². The van der Waals surface area contributed by atoms with Crippen molar-refractivity contribution < 1.29 is 27.4 Å². The fourth-order valence-corrected chi connectivity index (χ4v) is 3.07. The molecule has 1 aliphatic heterocycles. The van der Waals surface area contributed by atoms with Gasteiger partial charge in [-0.25, -0.2) is 4.98 Å². The number of hydrogen-bond donors (Lipinski definition) is 1. The summed E-state index contributed by atoms with van der Waals surface area (Å²) in [5.74, 6) is 1.80. The van der Waals surface area contributed by atoms with E-state index < -0.39 is 11.9 Å². The molecule has 1 atom stereocenters. The Balaban J connectivity index is 1.91. The Morgan fingerprint density at radius 2 is 2.11 bits per heavy atom. The zero-order chi connectivity index (χ0) is 20.1. The van der Waals surface area contributed by atoms with E-state index in [1.165, 1.54) is 12.3 Å². The van der Waals surface area contributed by atoms with Crippen LogP contribution in [0.4, 0.5) is 13.2 Å². The molecule has 1 unspecified atom stereocenters. The number of nitrogens with two attached hydrogens (primary N) is 1. The molecule has 2 N–H and O–H groups in total. The van der Waals surface area contributed by atoms with Crippen molar-refractivity contribution in [3.63, 3.8) is 0 Å². The lowest BCUT2D eigenvalue weighted by Gasteiger charge is -2.27. The van der Waals surface area contributed by atoms with E-state index in [0.717, 1.165) is 30.7 Å². The zero-order valence-electron chi connectivity index (χ0n) is 15.3. The smallest absolute Gasteiger partial charge is 0.433 e. The summed E-state index contributed by atoms with van der Waals surface area (Å²) in [6, 6.07) is 5.72. The van der Waals surface area contributed by atoms with Gasteiger partial charge in [-0.1, -0.05) is 12.1 Å². The number of nitrogens with zero attached hydrogens (tertiary/aromatic N) is 1. The topological polar surface area (TPSA) is 66.6 Å². The SMILES string of the molecule is CCOc1c(Oc2ccc(C(F)(F)F)nc2)ccc2c1OCCC2CC=CN. The maximum atomic E-state index is 12.7. The summed E-state index contributed by atoms with van der Waals surface area (Å²) in [4.78, 5) is 3.41. The third-order valence-electron chi connectivity index (χ3n) is 4.36. The fourth-order valence-electron chi connectivity index (χ4n) is 3.07. The zero-order valence-corrected chi connectivity index (χ0v) is 15.3. The van der Waals surface area contributed by atoms with Gasteiger partial charge in [0.25, 0.3) is 0 Å². The van der Waals surface area contributed by atoms with Gasteiger partial charge < -0.3 is 19.9 Å². The lowest BCUT2D eigenvalue weighted by atomic mass is 9.90. The molecule has 1 aliphatic rings. The van der Waals surface area contributed by atoms with Gasteiger partial charge in [0.1, 0.15) is 11.4 Å². The molecule has 1 aromatic heterocycles. The average molecular weight is 394 g/mol. The molecule has 8 heteroatoms. The Hall–Kier alpha value is -2.90. The first kappa shape index (κ1) is 19.9. The van der Waals surface area contributed by atoms with E-state index in [1.54, 1.807) is 6.07 Å². The largest absolute Gasteiger partial charge is 0.489 e. The first-order chi connectivity index (χ1) is 13.4. The molecule has 2 aromatic rings. The third-order valence-corrected chi connectivity index (χ3v) is 4.36. The summed E-state index contributed by atoms with van der Waals surface area (Å²) < 4.78 is 55.3. The minimum Gasteiger partial charge on any atom is -0.489 e. The van der Waals surface area contributed by atoms with E-state index in [0.29, 0.717) is 30.5 Å². The maximum Gasteiger partial charge on any atom is 0.433 e. The molecule has 0 bridgehead atoms. The monoisotopic (exact) mass is 394 g/mol. The van der Waals surface area contributed by atoms with Crippen LogP contribution in [0.5, 0.6) is 23.0 Å². The van der Waals surface area contributed by atoms with Crippen molar-refractivity contribution >= 4 is 0 Å². The Morgan fingerprint density at radius 3 is 2.75 bits per heavy atom. The van der Waals surface area contributed by atoms with Crippen molar-refractivity contribution in [1.29, 1.82) is 0 Å². The molecule has 3 rings (SSSR count). The average Bonchev–Trinajstić information content (AvgIpc) is 2.68. The number of alkyl halides is 3. The number of rotatable bonds is 6. The first-order valence-corrected chi connectivity index (χ1v) is 8.94.